The Morgan fingerprint density at radius 2 is 1.83 bits per heavy atom. The van der Waals surface area contributed by atoms with Gasteiger partial charge in [-0.25, -0.2) is 0 Å². The Morgan fingerprint density at radius 3 is 2.48 bits per heavy atom. The molecule has 5 nitrogen and oxygen atoms in total. The fraction of sp³-hybridized carbons (Fsp3) is 0.238. The number of alkyl halides is 3. The predicted molar refractivity (Wildman–Crippen MR) is 105 cm³/mol. The highest BCUT2D eigenvalue weighted by Gasteiger charge is 2.30. The maximum Gasteiger partial charge on any atom is 0.416 e. The standard InChI is InChI=1S/C21H19F3N4O/c1-3-10-25-20(29)13-4-9-18-16(11-13)17-12-27(2)26-19(17)28(18)15-7-5-14(6-8-15)21(22,23)24/h4-9,11-12H,3,10H2,1-2H3,(H,25,29). The molecule has 0 radical (unpaired) electrons. The topological polar surface area (TPSA) is 51.9 Å². The molecule has 0 fully saturated rings. The van der Waals surface area contributed by atoms with Gasteiger partial charge < -0.3 is 5.32 Å². The van der Waals surface area contributed by atoms with Gasteiger partial charge in [-0.15, -0.1) is 0 Å². The smallest absolute Gasteiger partial charge is 0.352 e. The molecule has 0 atom stereocenters. The zero-order valence-electron chi connectivity index (χ0n) is 15.9. The van der Waals surface area contributed by atoms with E-state index in [4.69, 9.17) is 0 Å². The van der Waals surface area contributed by atoms with Crippen LogP contribution in [0, 0.1) is 0 Å². The van der Waals surface area contributed by atoms with Crippen LogP contribution in [0.15, 0.2) is 48.7 Å². The van der Waals surface area contributed by atoms with Crippen molar-refractivity contribution in [3.05, 3.63) is 59.8 Å². The Hall–Kier alpha value is -3.29. The van der Waals surface area contributed by atoms with Gasteiger partial charge in [0.05, 0.1) is 11.1 Å². The molecule has 8 heteroatoms. The van der Waals surface area contributed by atoms with Crippen molar-refractivity contribution in [1.82, 2.24) is 19.7 Å². The van der Waals surface area contributed by atoms with Gasteiger partial charge in [-0.1, -0.05) is 6.92 Å². The Bertz CT molecular complexity index is 1200. The first-order valence-corrected chi connectivity index (χ1v) is 9.23. The predicted octanol–water partition coefficient (Wildman–Crippen LogP) is 4.68. The molecule has 4 rings (SSSR count). The third kappa shape index (κ3) is 3.35. The van der Waals surface area contributed by atoms with Crippen LogP contribution in [0.3, 0.4) is 0 Å². The van der Waals surface area contributed by atoms with Gasteiger partial charge in [0, 0.05) is 41.8 Å². The number of nitrogens with zero attached hydrogens (tertiary/aromatic N) is 3. The van der Waals surface area contributed by atoms with Crippen LogP contribution >= 0.6 is 0 Å². The molecule has 4 aromatic rings. The molecule has 0 spiro atoms. The molecular formula is C21H19F3N4O. The molecule has 2 aromatic carbocycles. The number of benzene rings is 2. The van der Waals surface area contributed by atoms with Crippen LogP contribution in [0.25, 0.3) is 27.6 Å². The minimum absolute atomic E-state index is 0.159. The Kier molecular flexibility index (Phi) is 4.56. The van der Waals surface area contributed by atoms with E-state index >= 15 is 0 Å². The summed E-state index contributed by atoms with van der Waals surface area (Å²) >= 11 is 0. The maximum absolute atomic E-state index is 12.9. The highest BCUT2D eigenvalue weighted by atomic mass is 19.4. The van der Waals surface area contributed by atoms with Crippen molar-refractivity contribution in [1.29, 1.82) is 0 Å². The lowest BCUT2D eigenvalue weighted by atomic mass is 10.1. The number of carbonyl (C=O) groups excluding carboxylic acids is 1. The van der Waals surface area contributed by atoms with Crippen LogP contribution in [0.5, 0.6) is 0 Å². The number of carbonyl (C=O) groups is 1. The third-order valence-electron chi connectivity index (χ3n) is 4.80. The molecule has 0 aliphatic heterocycles. The monoisotopic (exact) mass is 400 g/mol. The van der Waals surface area contributed by atoms with E-state index in [2.05, 4.69) is 10.4 Å². The minimum Gasteiger partial charge on any atom is -0.352 e. The molecule has 0 saturated heterocycles. The summed E-state index contributed by atoms with van der Waals surface area (Å²) < 4.78 is 42.2. The first-order chi connectivity index (χ1) is 13.8. The van der Waals surface area contributed by atoms with E-state index in [0.717, 1.165) is 34.8 Å². The molecule has 150 valence electrons. The Labute approximate surface area is 164 Å². The summed E-state index contributed by atoms with van der Waals surface area (Å²) in [6.45, 7) is 2.57. The molecule has 0 aliphatic carbocycles. The summed E-state index contributed by atoms with van der Waals surface area (Å²) in [6, 6.07) is 10.3. The summed E-state index contributed by atoms with van der Waals surface area (Å²) in [5.74, 6) is -0.159. The normalized spacial score (nSPS) is 12.0. The third-order valence-corrected chi connectivity index (χ3v) is 4.80. The van der Waals surface area contributed by atoms with Gasteiger partial charge in [0.2, 0.25) is 0 Å². The Morgan fingerprint density at radius 1 is 1.10 bits per heavy atom. The van der Waals surface area contributed by atoms with Crippen LogP contribution < -0.4 is 5.32 Å². The van der Waals surface area contributed by atoms with E-state index in [1.165, 1.54) is 12.1 Å². The average Bonchev–Trinajstić information content (AvgIpc) is 3.19. The largest absolute Gasteiger partial charge is 0.416 e. The zero-order valence-corrected chi connectivity index (χ0v) is 15.9. The van der Waals surface area contributed by atoms with Crippen LogP contribution in [0.2, 0.25) is 0 Å². The molecule has 29 heavy (non-hydrogen) atoms. The van der Waals surface area contributed by atoms with Crippen LogP contribution in [-0.4, -0.2) is 26.8 Å². The van der Waals surface area contributed by atoms with Gasteiger partial charge in [0.15, 0.2) is 5.65 Å². The van der Waals surface area contributed by atoms with Gasteiger partial charge >= 0.3 is 6.18 Å². The van der Waals surface area contributed by atoms with Crippen molar-refractivity contribution in [2.45, 2.75) is 19.5 Å². The number of halogens is 3. The quantitative estimate of drug-likeness (QED) is 0.541. The van der Waals surface area contributed by atoms with Crippen LogP contribution in [0.4, 0.5) is 13.2 Å². The van der Waals surface area contributed by atoms with Gasteiger partial charge in [0.1, 0.15) is 0 Å². The SMILES string of the molecule is CCCNC(=O)c1ccc2c(c1)c1cn(C)nc1n2-c1ccc(C(F)(F)F)cc1. The molecule has 1 amide bonds. The highest BCUT2D eigenvalue weighted by molar-refractivity contribution is 6.10. The molecule has 2 aromatic heterocycles. The second kappa shape index (κ2) is 6.95. The number of nitrogens with one attached hydrogen (secondary N) is 1. The van der Waals surface area contributed by atoms with Gasteiger partial charge in [-0.05, 0) is 48.9 Å². The molecular weight excluding hydrogens is 381 g/mol. The summed E-state index contributed by atoms with van der Waals surface area (Å²) in [7, 11) is 1.78. The first kappa shape index (κ1) is 19.0. The summed E-state index contributed by atoms with van der Waals surface area (Å²) in [6.07, 6.45) is -1.71. The minimum atomic E-state index is -4.39. The maximum atomic E-state index is 12.9. The number of fused-ring (bicyclic) bond motifs is 3. The van der Waals surface area contributed by atoms with E-state index in [9.17, 15) is 18.0 Å². The molecule has 0 bridgehead atoms. The van der Waals surface area contributed by atoms with Gasteiger partial charge in [0.25, 0.3) is 5.91 Å². The van der Waals surface area contributed by atoms with Crippen molar-refractivity contribution >= 4 is 27.8 Å². The lowest BCUT2D eigenvalue weighted by Gasteiger charge is -2.10. The van der Waals surface area contributed by atoms with E-state index in [0.29, 0.717) is 23.4 Å². The van der Waals surface area contributed by atoms with Gasteiger partial charge in [-0.2, -0.15) is 18.3 Å². The Balaban J connectivity index is 1.88. The van der Waals surface area contributed by atoms with E-state index < -0.39 is 11.7 Å². The number of hydrogen-bond acceptors (Lipinski definition) is 2. The molecule has 1 N–H and O–H groups in total. The van der Waals surface area contributed by atoms with E-state index in [1.54, 1.807) is 34.5 Å². The van der Waals surface area contributed by atoms with E-state index in [1.807, 2.05) is 13.1 Å². The zero-order chi connectivity index (χ0) is 20.8. The lowest BCUT2D eigenvalue weighted by molar-refractivity contribution is -0.137. The highest BCUT2D eigenvalue weighted by Crippen LogP contribution is 2.34. The van der Waals surface area contributed by atoms with Gasteiger partial charge in [-0.3, -0.25) is 14.0 Å². The van der Waals surface area contributed by atoms with Crippen molar-refractivity contribution < 1.29 is 18.0 Å². The summed E-state index contributed by atoms with van der Waals surface area (Å²) in [5, 5.41) is 8.97. The number of aryl methyl sites for hydroxylation is 1. The number of rotatable bonds is 4. The van der Waals surface area contributed by atoms with Crippen LogP contribution in [0.1, 0.15) is 29.3 Å². The average molecular weight is 400 g/mol. The van der Waals surface area contributed by atoms with Crippen molar-refractivity contribution in [3.8, 4) is 5.69 Å². The molecule has 0 aliphatic rings. The number of aromatic nitrogens is 3. The fourth-order valence-electron chi connectivity index (χ4n) is 3.44. The van der Waals surface area contributed by atoms with Crippen molar-refractivity contribution in [2.24, 2.45) is 7.05 Å². The number of hydrogen-bond donors (Lipinski definition) is 1. The lowest BCUT2D eigenvalue weighted by Crippen LogP contribution is -2.23. The van der Waals surface area contributed by atoms with Crippen LogP contribution in [-0.2, 0) is 13.2 Å². The van der Waals surface area contributed by atoms with Crippen molar-refractivity contribution in [2.75, 3.05) is 6.54 Å². The summed E-state index contributed by atoms with van der Waals surface area (Å²) in [4.78, 5) is 12.4. The second-order valence-electron chi connectivity index (χ2n) is 6.91. The fourth-order valence-corrected chi connectivity index (χ4v) is 3.44. The molecule has 2 heterocycles. The van der Waals surface area contributed by atoms with Crippen molar-refractivity contribution in [3.63, 3.8) is 0 Å². The van der Waals surface area contributed by atoms with E-state index in [-0.39, 0.29) is 5.91 Å². The summed E-state index contributed by atoms with van der Waals surface area (Å²) in [5.41, 5.74) is 1.79. The first-order valence-electron chi connectivity index (χ1n) is 9.23. The molecule has 0 saturated carbocycles. The number of amides is 1. The second-order valence-corrected chi connectivity index (χ2v) is 6.91. The molecule has 0 unspecified atom stereocenters.